The van der Waals surface area contributed by atoms with Crippen LogP contribution in [0.15, 0.2) is 24.3 Å². The number of halogens is 1. The standard InChI is InChI=1S/C11H15ClO/c1-9(2)10-3-5-11(6-4-10)13-8-7-12/h3-6,9H,7-8H2,1-2H3. The van der Waals surface area contributed by atoms with Crippen LogP contribution in [0.3, 0.4) is 0 Å². The predicted molar refractivity (Wildman–Crippen MR) is 56.7 cm³/mol. The molecule has 0 atom stereocenters. The smallest absolute Gasteiger partial charge is 0.119 e. The summed E-state index contributed by atoms with van der Waals surface area (Å²) in [5.74, 6) is 2.00. The molecule has 0 aliphatic rings. The van der Waals surface area contributed by atoms with Crippen LogP contribution in [-0.2, 0) is 0 Å². The highest BCUT2D eigenvalue weighted by atomic mass is 35.5. The SMILES string of the molecule is CC(C)c1ccc(OCCCl)cc1. The first-order valence-corrected chi connectivity index (χ1v) is 5.06. The van der Waals surface area contributed by atoms with E-state index in [2.05, 4.69) is 26.0 Å². The number of ether oxygens (including phenoxy) is 1. The fourth-order valence-corrected chi connectivity index (χ4v) is 1.18. The van der Waals surface area contributed by atoms with E-state index in [1.54, 1.807) is 0 Å². The summed E-state index contributed by atoms with van der Waals surface area (Å²) in [6.07, 6.45) is 0. The van der Waals surface area contributed by atoms with Crippen LogP contribution in [0.1, 0.15) is 25.3 Å². The Bertz CT molecular complexity index is 241. The minimum atomic E-state index is 0.534. The summed E-state index contributed by atoms with van der Waals surface area (Å²) in [7, 11) is 0. The summed E-state index contributed by atoms with van der Waals surface area (Å²) in [5, 5.41) is 0. The fraction of sp³-hybridized carbons (Fsp3) is 0.455. The molecule has 13 heavy (non-hydrogen) atoms. The van der Waals surface area contributed by atoms with Gasteiger partial charge in [0.15, 0.2) is 0 Å². The zero-order valence-corrected chi connectivity index (χ0v) is 8.84. The first kappa shape index (κ1) is 10.4. The minimum absolute atomic E-state index is 0.534. The fourth-order valence-electron chi connectivity index (χ4n) is 1.11. The van der Waals surface area contributed by atoms with Crippen LogP contribution >= 0.6 is 11.6 Å². The molecule has 0 unspecified atom stereocenters. The highest BCUT2D eigenvalue weighted by Crippen LogP contribution is 2.18. The van der Waals surface area contributed by atoms with Crippen molar-refractivity contribution < 1.29 is 4.74 Å². The summed E-state index contributed by atoms with van der Waals surface area (Å²) in [4.78, 5) is 0. The van der Waals surface area contributed by atoms with Gasteiger partial charge in [0.2, 0.25) is 0 Å². The molecule has 0 fully saturated rings. The van der Waals surface area contributed by atoms with Gasteiger partial charge in [-0.1, -0.05) is 26.0 Å². The van der Waals surface area contributed by atoms with E-state index < -0.39 is 0 Å². The van der Waals surface area contributed by atoms with Crippen molar-refractivity contribution in [2.45, 2.75) is 19.8 Å². The average molecular weight is 199 g/mol. The third-order valence-electron chi connectivity index (χ3n) is 1.89. The van der Waals surface area contributed by atoms with Gasteiger partial charge in [-0.25, -0.2) is 0 Å². The first-order chi connectivity index (χ1) is 6.24. The van der Waals surface area contributed by atoms with Crippen molar-refractivity contribution >= 4 is 11.6 Å². The van der Waals surface area contributed by atoms with Gasteiger partial charge >= 0.3 is 0 Å². The van der Waals surface area contributed by atoms with Gasteiger partial charge in [0.25, 0.3) is 0 Å². The molecular formula is C11H15ClO. The Morgan fingerprint density at radius 3 is 2.31 bits per heavy atom. The predicted octanol–water partition coefficient (Wildman–Crippen LogP) is 3.43. The van der Waals surface area contributed by atoms with Crippen molar-refractivity contribution in [1.29, 1.82) is 0 Å². The van der Waals surface area contributed by atoms with E-state index in [9.17, 15) is 0 Å². The lowest BCUT2D eigenvalue weighted by atomic mass is 10.0. The van der Waals surface area contributed by atoms with Gasteiger partial charge in [-0.05, 0) is 23.6 Å². The normalized spacial score (nSPS) is 10.5. The van der Waals surface area contributed by atoms with Crippen molar-refractivity contribution in [2.24, 2.45) is 0 Å². The van der Waals surface area contributed by atoms with Crippen molar-refractivity contribution in [1.82, 2.24) is 0 Å². The highest BCUT2D eigenvalue weighted by molar-refractivity contribution is 6.17. The third-order valence-corrected chi connectivity index (χ3v) is 2.05. The van der Waals surface area contributed by atoms with E-state index >= 15 is 0 Å². The molecular weight excluding hydrogens is 184 g/mol. The van der Waals surface area contributed by atoms with E-state index in [1.165, 1.54) is 5.56 Å². The van der Waals surface area contributed by atoms with Crippen LogP contribution in [0.25, 0.3) is 0 Å². The Balaban J connectivity index is 2.59. The zero-order chi connectivity index (χ0) is 9.68. The van der Waals surface area contributed by atoms with Crippen LogP contribution < -0.4 is 4.74 Å². The lowest BCUT2D eigenvalue weighted by Gasteiger charge is -2.07. The van der Waals surface area contributed by atoms with E-state index in [0.29, 0.717) is 18.4 Å². The lowest BCUT2D eigenvalue weighted by molar-refractivity contribution is 0.342. The molecule has 0 radical (unpaired) electrons. The van der Waals surface area contributed by atoms with Crippen molar-refractivity contribution in [3.8, 4) is 5.75 Å². The van der Waals surface area contributed by atoms with Gasteiger partial charge in [0, 0.05) is 0 Å². The van der Waals surface area contributed by atoms with Gasteiger partial charge < -0.3 is 4.74 Å². The number of alkyl halides is 1. The Labute approximate surface area is 84.7 Å². The van der Waals surface area contributed by atoms with Gasteiger partial charge in [-0.3, -0.25) is 0 Å². The molecule has 0 heterocycles. The Hall–Kier alpha value is -0.690. The van der Waals surface area contributed by atoms with Gasteiger partial charge in [0.1, 0.15) is 12.4 Å². The van der Waals surface area contributed by atoms with Crippen LogP contribution in [-0.4, -0.2) is 12.5 Å². The second-order valence-electron chi connectivity index (χ2n) is 3.26. The molecule has 1 aromatic rings. The maximum atomic E-state index is 5.51. The third kappa shape index (κ3) is 3.27. The quantitative estimate of drug-likeness (QED) is 0.674. The lowest BCUT2D eigenvalue weighted by Crippen LogP contribution is -1.98. The van der Waals surface area contributed by atoms with Gasteiger partial charge in [-0.15, -0.1) is 11.6 Å². The summed E-state index contributed by atoms with van der Waals surface area (Å²) in [6.45, 7) is 4.92. The topological polar surface area (TPSA) is 9.23 Å². The molecule has 0 aliphatic carbocycles. The molecule has 0 aromatic heterocycles. The van der Waals surface area contributed by atoms with Crippen LogP contribution in [0.4, 0.5) is 0 Å². The maximum Gasteiger partial charge on any atom is 0.119 e. The summed E-state index contributed by atoms with van der Waals surface area (Å²) >= 11 is 5.51. The monoisotopic (exact) mass is 198 g/mol. The second kappa shape index (κ2) is 5.13. The van der Waals surface area contributed by atoms with E-state index in [-0.39, 0.29) is 0 Å². The number of hydrogen-bond acceptors (Lipinski definition) is 1. The summed E-state index contributed by atoms with van der Waals surface area (Å²) in [6, 6.07) is 8.16. The molecule has 0 spiro atoms. The first-order valence-electron chi connectivity index (χ1n) is 4.52. The molecule has 1 aromatic carbocycles. The van der Waals surface area contributed by atoms with Crippen LogP contribution in [0, 0.1) is 0 Å². The average Bonchev–Trinajstić information content (AvgIpc) is 2.15. The maximum absolute atomic E-state index is 5.51. The molecule has 0 amide bonds. The van der Waals surface area contributed by atoms with E-state index in [1.807, 2.05) is 12.1 Å². The summed E-state index contributed by atoms with van der Waals surface area (Å²) < 4.78 is 5.36. The Morgan fingerprint density at radius 2 is 1.85 bits per heavy atom. The number of rotatable bonds is 4. The van der Waals surface area contributed by atoms with E-state index in [0.717, 1.165) is 5.75 Å². The summed E-state index contributed by atoms with van der Waals surface area (Å²) in [5.41, 5.74) is 1.33. The molecule has 0 aliphatic heterocycles. The van der Waals surface area contributed by atoms with Gasteiger partial charge in [0.05, 0.1) is 5.88 Å². The largest absolute Gasteiger partial charge is 0.492 e. The molecule has 1 nitrogen and oxygen atoms in total. The zero-order valence-electron chi connectivity index (χ0n) is 8.09. The molecule has 2 heteroatoms. The van der Waals surface area contributed by atoms with Crippen molar-refractivity contribution in [2.75, 3.05) is 12.5 Å². The van der Waals surface area contributed by atoms with Crippen LogP contribution in [0.2, 0.25) is 0 Å². The van der Waals surface area contributed by atoms with Crippen LogP contribution in [0.5, 0.6) is 5.75 Å². The second-order valence-corrected chi connectivity index (χ2v) is 3.64. The van der Waals surface area contributed by atoms with Gasteiger partial charge in [-0.2, -0.15) is 0 Å². The van der Waals surface area contributed by atoms with Crippen molar-refractivity contribution in [3.63, 3.8) is 0 Å². The number of hydrogen-bond donors (Lipinski definition) is 0. The molecule has 1 rings (SSSR count). The molecule has 0 bridgehead atoms. The minimum Gasteiger partial charge on any atom is -0.492 e. The van der Waals surface area contributed by atoms with E-state index in [4.69, 9.17) is 16.3 Å². The molecule has 0 saturated carbocycles. The molecule has 0 N–H and O–H groups in total. The number of benzene rings is 1. The molecule has 0 saturated heterocycles. The Kier molecular flexibility index (Phi) is 4.10. The van der Waals surface area contributed by atoms with Crippen molar-refractivity contribution in [3.05, 3.63) is 29.8 Å². The highest BCUT2D eigenvalue weighted by Gasteiger charge is 1.98. The Morgan fingerprint density at radius 1 is 1.23 bits per heavy atom. The molecule has 72 valence electrons.